The van der Waals surface area contributed by atoms with Crippen molar-refractivity contribution in [3.8, 4) is 22.6 Å². The summed E-state index contributed by atoms with van der Waals surface area (Å²) in [6.45, 7) is 0.0348. The van der Waals surface area contributed by atoms with E-state index in [1.807, 2.05) is 11.3 Å². The number of thiophene rings is 1. The third-order valence-corrected chi connectivity index (χ3v) is 10.5. The van der Waals surface area contributed by atoms with Gasteiger partial charge < -0.3 is 14.1 Å². The second-order valence-electron chi connectivity index (χ2n) is 11.3. The van der Waals surface area contributed by atoms with Crippen LogP contribution in [0.15, 0.2) is 115 Å². The first-order chi connectivity index (χ1) is 20.4. The van der Waals surface area contributed by atoms with Crippen LogP contribution < -0.4 is 20.6 Å². The van der Waals surface area contributed by atoms with E-state index in [1.54, 1.807) is 0 Å². The Hall–Kier alpha value is -5.00. The van der Waals surface area contributed by atoms with Crippen LogP contribution in [-0.2, 0) is 0 Å². The van der Waals surface area contributed by atoms with E-state index < -0.39 is 0 Å². The molecular formula is C36H19BN2OS. The summed E-state index contributed by atoms with van der Waals surface area (Å²) < 4.78 is 10.6. The Kier molecular flexibility index (Phi) is 3.56. The number of fused-ring (bicyclic) bond motifs is 13. The van der Waals surface area contributed by atoms with Crippen LogP contribution in [0, 0.1) is 0 Å². The molecule has 0 saturated heterocycles. The van der Waals surface area contributed by atoms with E-state index in [1.165, 1.54) is 69.7 Å². The van der Waals surface area contributed by atoms with Crippen molar-refractivity contribution in [1.29, 1.82) is 0 Å². The van der Waals surface area contributed by atoms with Crippen molar-refractivity contribution >= 4 is 88.2 Å². The lowest BCUT2D eigenvalue weighted by Gasteiger charge is -2.43. The molecule has 0 atom stereocenters. The number of benzene rings is 6. The molecule has 6 aromatic carbocycles. The third-order valence-electron chi connectivity index (χ3n) is 9.32. The number of ether oxygens (including phenoxy) is 1. The predicted molar refractivity (Wildman–Crippen MR) is 173 cm³/mol. The van der Waals surface area contributed by atoms with Gasteiger partial charge in [0, 0.05) is 37.3 Å². The van der Waals surface area contributed by atoms with Crippen molar-refractivity contribution < 1.29 is 4.74 Å². The van der Waals surface area contributed by atoms with E-state index in [0.29, 0.717) is 0 Å². The molecule has 0 unspecified atom stereocenters. The molecule has 0 saturated carbocycles. The van der Waals surface area contributed by atoms with E-state index in [-0.39, 0.29) is 6.85 Å². The fraction of sp³-hybridized carbons (Fsp3) is 0. The first-order valence-corrected chi connectivity index (χ1v) is 14.9. The zero-order chi connectivity index (χ0) is 26.4. The molecule has 0 spiro atoms. The summed E-state index contributed by atoms with van der Waals surface area (Å²) in [5.41, 5.74) is 10.2. The first-order valence-electron chi connectivity index (χ1n) is 14.1. The lowest BCUT2D eigenvalue weighted by atomic mass is 9.45. The number of para-hydroxylation sites is 4. The molecule has 0 fully saturated rings. The van der Waals surface area contributed by atoms with Crippen LogP contribution >= 0.6 is 11.3 Å². The molecule has 0 bridgehead atoms. The molecule has 3 aliphatic rings. The monoisotopic (exact) mass is 538 g/mol. The van der Waals surface area contributed by atoms with Crippen molar-refractivity contribution in [1.82, 2.24) is 4.48 Å². The second kappa shape index (κ2) is 7.01. The second-order valence-corrected chi connectivity index (χ2v) is 12.3. The largest absolute Gasteiger partial charge is 0.453 e. The number of hydrogen-bond acceptors (Lipinski definition) is 3. The maximum atomic E-state index is 6.60. The summed E-state index contributed by atoms with van der Waals surface area (Å²) >= 11 is 1.91. The summed E-state index contributed by atoms with van der Waals surface area (Å²) in [4.78, 5) is 3.82. The van der Waals surface area contributed by atoms with Gasteiger partial charge in [-0.15, -0.1) is 11.3 Å². The number of anilines is 3. The Labute approximate surface area is 239 Å². The van der Waals surface area contributed by atoms with Gasteiger partial charge in [-0.05, 0) is 52.2 Å². The highest BCUT2D eigenvalue weighted by Crippen LogP contribution is 2.55. The van der Waals surface area contributed by atoms with Gasteiger partial charge in [-0.3, -0.25) is 0 Å². The van der Waals surface area contributed by atoms with Crippen molar-refractivity contribution in [3.63, 3.8) is 0 Å². The van der Waals surface area contributed by atoms with Gasteiger partial charge in [0.15, 0.2) is 11.5 Å². The van der Waals surface area contributed by atoms with E-state index in [2.05, 4.69) is 125 Å². The Bertz CT molecular complexity index is 2490. The quantitative estimate of drug-likeness (QED) is 0.180. The average Bonchev–Trinajstić information content (AvgIpc) is 3.55. The zero-order valence-corrected chi connectivity index (χ0v) is 22.6. The van der Waals surface area contributed by atoms with E-state index >= 15 is 0 Å². The molecule has 5 heterocycles. The minimum absolute atomic E-state index is 0.0348. The summed E-state index contributed by atoms with van der Waals surface area (Å²) in [5, 5.41) is 6.58. The molecule has 0 N–H and O–H groups in total. The van der Waals surface area contributed by atoms with Gasteiger partial charge >= 0.3 is 6.85 Å². The van der Waals surface area contributed by atoms with Crippen molar-refractivity contribution in [2.75, 3.05) is 4.90 Å². The van der Waals surface area contributed by atoms with Crippen molar-refractivity contribution in [2.24, 2.45) is 0 Å². The van der Waals surface area contributed by atoms with Gasteiger partial charge in [0.1, 0.15) is 0 Å². The summed E-state index contributed by atoms with van der Waals surface area (Å²) in [6, 6.07) is 42.1. The molecule has 3 aliphatic heterocycles. The molecule has 41 heavy (non-hydrogen) atoms. The van der Waals surface area contributed by atoms with Crippen LogP contribution in [-0.4, -0.2) is 11.3 Å². The highest BCUT2D eigenvalue weighted by molar-refractivity contribution is 7.26. The zero-order valence-electron chi connectivity index (χ0n) is 21.8. The minimum Gasteiger partial charge on any atom is -0.453 e. The minimum atomic E-state index is 0.0348. The molecule has 5 heteroatoms. The maximum absolute atomic E-state index is 6.60. The third kappa shape index (κ3) is 2.33. The van der Waals surface area contributed by atoms with Gasteiger partial charge in [-0.1, -0.05) is 84.9 Å². The number of hydrogen-bond donors (Lipinski definition) is 0. The average molecular weight is 538 g/mol. The van der Waals surface area contributed by atoms with Crippen LogP contribution in [0.4, 0.5) is 17.1 Å². The van der Waals surface area contributed by atoms with E-state index in [9.17, 15) is 0 Å². The summed E-state index contributed by atoms with van der Waals surface area (Å²) in [7, 11) is 0. The SMILES string of the molecule is c1ccc2c(c1)Oc1cccc3c1N2c1c2c(cc4ccccc14)-c1cccc4c5c6ccccc6sc5n(c14)B32. The highest BCUT2D eigenvalue weighted by atomic mass is 32.1. The highest BCUT2D eigenvalue weighted by Gasteiger charge is 2.46. The number of aromatic nitrogens is 1. The Morgan fingerprint density at radius 1 is 0.634 bits per heavy atom. The van der Waals surface area contributed by atoms with Gasteiger partial charge in [0.2, 0.25) is 0 Å². The van der Waals surface area contributed by atoms with Crippen LogP contribution in [0.5, 0.6) is 11.5 Å². The molecule has 2 aromatic heterocycles. The number of rotatable bonds is 0. The van der Waals surface area contributed by atoms with Gasteiger partial charge in [0.25, 0.3) is 0 Å². The lowest BCUT2D eigenvalue weighted by molar-refractivity contribution is 0.477. The normalized spacial score (nSPS) is 14.0. The Balaban J connectivity index is 1.41. The fourth-order valence-electron chi connectivity index (χ4n) is 7.82. The molecule has 8 aromatic rings. The first kappa shape index (κ1) is 20.8. The van der Waals surface area contributed by atoms with Gasteiger partial charge in [-0.2, -0.15) is 0 Å². The van der Waals surface area contributed by atoms with Gasteiger partial charge in [-0.25, -0.2) is 0 Å². The Morgan fingerprint density at radius 2 is 1.41 bits per heavy atom. The van der Waals surface area contributed by atoms with Crippen LogP contribution in [0.2, 0.25) is 0 Å². The maximum Gasteiger partial charge on any atom is 0.333 e. The van der Waals surface area contributed by atoms with Crippen LogP contribution in [0.3, 0.4) is 0 Å². The summed E-state index contributed by atoms with van der Waals surface area (Å²) in [5.74, 6) is 1.81. The van der Waals surface area contributed by atoms with Crippen molar-refractivity contribution in [2.45, 2.75) is 0 Å². The number of nitrogens with zero attached hydrogens (tertiary/aromatic N) is 2. The lowest BCUT2D eigenvalue weighted by Crippen LogP contribution is -2.57. The topological polar surface area (TPSA) is 17.4 Å². The molecule has 0 aliphatic carbocycles. The van der Waals surface area contributed by atoms with Crippen LogP contribution in [0.1, 0.15) is 0 Å². The molecule has 0 amide bonds. The molecule has 0 radical (unpaired) electrons. The Morgan fingerprint density at radius 3 is 2.39 bits per heavy atom. The van der Waals surface area contributed by atoms with E-state index in [4.69, 9.17) is 4.74 Å². The molecular weight excluding hydrogens is 519 g/mol. The predicted octanol–water partition coefficient (Wildman–Crippen LogP) is 8.69. The molecule has 11 rings (SSSR count). The van der Waals surface area contributed by atoms with E-state index in [0.717, 1.165) is 22.9 Å². The van der Waals surface area contributed by atoms with Gasteiger partial charge in [0.05, 0.1) is 21.9 Å². The molecule has 188 valence electrons. The van der Waals surface area contributed by atoms with Crippen molar-refractivity contribution in [3.05, 3.63) is 115 Å². The standard InChI is InChI=1S/C36H19BN2OS/c1-2-10-21-20(9-1)19-25-22-12-7-13-24-31-23-11-3-6-18-30(23)41-36(31)39(33(22)24)37-26-14-8-17-29-35(26)38(34(21)32(25)37)27-15-4-5-16-28(27)40-29/h1-19H. The fourth-order valence-corrected chi connectivity index (χ4v) is 9.07. The smallest absolute Gasteiger partial charge is 0.333 e. The summed E-state index contributed by atoms with van der Waals surface area (Å²) in [6.07, 6.45) is 0. The molecule has 3 nitrogen and oxygen atoms in total. The van der Waals surface area contributed by atoms with Crippen LogP contribution in [0.25, 0.3) is 53.1 Å².